The van der Waals surface area contributed by atoms with Crippen molar-refractivity contribution in [3.8, 4) is 5.75 Å². The quantitative estimate of drug-likeness (QED) is 0.803. The van der Waals surface area contributed by atoms with Crippen LogP contribution in [0.2, 0.25) is 0 Å². The van der Waals surface area contributed by atoms with Crippen molar-refractivity contribution in [3.05, 3.63) is 29.3 Å². The molecule has 1 atom stereocenters. The Kier molecular flexibility index (Phi) is 4.01. The van der Waals surface area contributed by atoms with Gasteiger partial charge in [-0.05, 0) is 47.4 Å². The van der Waals surface area contributed by atoms with Crippen molar-refractivity contribution in [2.24, 2.45) is 5.92 Å². The minimum atomic E-state index is 0.157. The molecule has 1 N–H and O–H groups in total. The standard InChI is InChI=1S/C15H24O/c1-6-12-8-9-13(16)10-14(12)15(5,7-2)11(3)4/h8-11,16H,6-7H2,1-5H3. The summed E-state index contributed by atoms with van der Waals surface area (Å²) < 4.78 is 0. The maximum atomic E-state index is 9.67. The number of aryl methyl sites for hydroxylation is 1. The molecule has 1 nitrogen and oxygen atoms in total. The maximum absolute atomic E-state index is 9.67. The average molecular weight is 220 g/mol. The van der Waals surface area contributed by atoms with Gasteiger partial charge < -0.3 is 5.11 Å². The molecule has 0 heterocycles. The summed E-state index contributed by atoms with van der Waals surface area (Å²) in [6.07, 6.45) is 2.12. The summed E-state index contributed by atoms with van der Waals surface area (Å²) in [4.78, 5) is 0. The van der Waals surface area contributed by atoms with Gasteiger partial charge in [-0.25, -0.2) is 0 Å². The largest absolute Gasteiger partial charge is 0.508 e. The molecule has 0 aromatic heterocycles. The zero-order valence-corrected chi connectivity index (χ0v) is 11.2. The Morgan fingerprint density at radius 3 is 2.31 bits per heavy atom. The summed E-state index contributed by atoms with van der Waals surface area (Å²) in [5, 5.41) is 9.67. The molecule has 90 valence electrons. The smallest absolute Gasteiger partial charge is 0.115 e. The SMILES string of the molecule is CCc1ccc(O)cc1C(C)(CC)C(C)C. The van der Waals surface area contributed by atoms with Crippen molar-refractivity contribution in [3.63, 3.8) is 0 Å². The van der Waals surface area contributed by atoms with Crippen LogP contribution in [0.3, 0.4) is 0 Å². The highest BCUT2D eigenvalue weighted by Gasteiger charge is 2.30. The number of hydrogen-bond donors (Lipinski definition) is 1. The van der Waals surface area contributed by atoms with E-state index in [1.165, 1.54) is 11.1 Å². The number of aromatic hydroxyl groups is 1. The average Bonchev–Trinajstić information content (AvgIpc) is 2.27. The predicted molar refractivity (Wildman–Crippen MR) is 70.0 cm³/mol. The van der Waals surface area contributed by atoms with Crippen LogP contribution in [-0.2, 0) is 11.8 Å². The summed E-state index contributed by atoms with van der Waals surface area (Å²) >= 11 is 0. The Balaban J connectivity index is 3.33. The van der Waals surface area contributed by atoms with E-state index in [-0.39, 0.29) is 5.41 Å². The van der Waals surface area contributed by atoms with Crippen LogP contribution in [0.5, 0.6) is 5.75 Å². The van der Waals surface area contributed by atoms with Gasteiger partial charge in [0.05, 0.1) is 0 Å². The number of rotatable bonds is 4. The number of benzene rings is 1. The molecule has 16 heavy (non-hydrogen) atoms. The summed E-state index contributed by atoms with van der Waals surface area (Å²) in [5.41, 5.74) is 2.83. The van der Waals surface area contributed by atoms with E-state index in [9.17, 15) is 5.11 Å². The van der Waals surface area contributed by atoms with Gasteiger partial charge >= 0.3 is 0 Å². The third kappa shape index (κ3) is 2.23. The second kappa shape index (κ2) is 4.90. The molecule has 0 spiro atoms. The first-order chi connectivity index (χ1) is 7.45. The van der Waals surface area contributed by atoms with E-state index in [0.29, 0.717) is 11.7 Å². The fourth-order valence-electron chi connectivity index (χ4n) is 2.31. The third-order valence-corrected chi connectivity index (χ3v) is 4.10. The first-order valence-electron chi connectivity index (χ1n) is 6.28. The fourth-order valence-corrected chi connectivity index (χ4v) is 2.31. The lowest BCUT2D eigenvalue weighted by atomic mass is 9.69. The van der Waals surface area contributed by atoms with E-state index in [1.807, 2.05) is 6.07 Å². The predicted octanol–water partition coefficient (Wildman–Crippen LogP) is 4.28. The van der Waals surface area contributed by atoms with Crippen LogP contribution in [-0.4, -0.2) is 5.11 Å². The highest BCUT2D eigenvalue weighted by molar-refractivity contribution is 5.40. The number of hydrogen-bond acceptors (Lipinski definition) is 1. The van der Waals surface area contributed by atoms with Crippen molar-refractivity contribution in [2.75, 3.05) is 0 Å². The third-order valence-electron chi connectivity index (χ3n) is 4.10. The Morgan fingerprint density at radius 2 is 1.88 bits per heavy atom. The normalized spacial score (nSPS) is 15.1. The first-order valence-corrected chi connectivity index (χ1v) is 6.28. The van der Waals surface area contributed by atoms with Crippen molar-refractivity contribution in [1.82, 2.24) is 0 Å². The first kappa shape index (κ1) is 13.1. The van der Waals surface area contributed by atoms with Gasteiger partial charge in [-0.1, -0.05) is 40.7 Å². The van der Waals surface area contributed by atoms with Crippen LogP contribution in [0.15, 0.2) is 18.2 Å². The second-order valence-electron chi connectivity index (χ2n) is 5.12. The molecule has 0 aliphatic heterocycles. The van der Waals surface area contributed by atoms with Gasteiger partial charge in [0.2, 0.25) is 0 Å². The molecule has 1 unspecified atom stereocenters. The molecule has 1 heteroatoms. The maximum Gasteiger partial charge on any atom is 0.115 e. The molecule has 0 saturated carbocycles. The minimum absolute atomic E-state index is 0.157. The van der Waals surface area contributed by atoms with Crippen molar-refractivity contribution in [2.45, 2.75) is 52.9 Å². The van der Waals surface area contributed by atoms with Gasteiger partial charge in [0, 0.05) is 0 Å². The molecular weight excluding hydrogens is 196 g/mol. The Labute approximate surface area is 99.5 Å². The lowest BCUT2D eigenvalue weighted by molar-refractivity contribution is 0.322. The van der Waals surface area contributed by atoms with Gasteiger partial charge in [-0.3, -0.25) is 0 Å². The van der Waals surface area contributed by atoms with Gasteiger partial charge in [-0.15, -0.1) is 0 Å². The molecule has 0 saturated heterocycles. The molecule has 0 amide bonds. The van der Waals surface area contributed by atoms with Crippen molar-refractivity contribution < 1.29 is 5.11 Å². The fraction of sp³-hybridized carbons (Fsp3) is 0.600. The zero-order chi connectivity index (χ0) is 12.3. The minimum Gasteiger partial charge on any atom is -0.508 e. The summed E-state index contributed by atoms with van der Waals surface area (Å²) in [5.74, 6) is 0.956. The molecule has 0 aliphatic carbocycles. The van der Waals surface area contributed by atoms with Gasteiger partial charge in [0.15, 0.2) is 0 Å². The monoisotopic (exact) mass is 220 g/mol. The van der Waals surface area contributed by atoms with Crippen LogP contribution < -0.4 is 0 Å². The molecule has 0 radical (unpaired) electrons. The Morgan fingerprint density at radius 1 is 1.25 bits per heavy atom. The van der Waals surface area contributed by atoms with Crippen molar-refractivity contribution >= 4 is 0 Å². The summed E-state index contributed by atoms with van der Waals surface area (Å²) in [7, 11) is 0. The van der Waals surface area contributed by atoms with E-state index in [1.54, 1.807) is 6.07 Å². The van der Waals surface area contributed by atoms with Crippen LogP contribution in [0.25, 0.3) is 0 Å². The molecule has 1 aromatic rings. The molecule has 1 aromatic carbocycles. The van der Waals surface area contributed by atoms with Crippen molar-refractivity contribution in [1.29, 1.82) is 0 Å². The van der Waals surface area contributed by atoms with Gasteiger partial charge in [0.25, 0.3) is 0 Å². The zero-order valence-electron chi connectivity index (χ0n) is 11.2. The summed E-state index contributed by atoms with van der Waals surface area (Å²) in [6, 6.07) is 5.79. The molecule has 0 aliphatic rings. The topological polar surface area (TPSA) is 20.2 Å². The van der Waals surface area contributed by atoms with Gasteiger partial charge in [-0.2, -0.15) is 0 Å². The Bertz CT molecular complexity index is 354. The molecule has 1 rings (SSSR count). The van der Waals surface area contributed by atoms with Crippen LogP contribution >= 0.6 is 0 Å². The van der Waals surface area contributed by atoms with Gasteiger partial charge in [0.1, 0.15) is 5.75 Å². The lowest BCUT2D eigenvalue weighted by Crippen LogP contribution is -2.29. The second-order valence-corrected chi connectivity index (χ2v) is 5.12. The van der Waals surface area contributed by atoms with E-state index in [4.69, 9.17) is 0 Å². The molecule has 0 fully saturated rings. The van der Waals surface area contributed by atoms with Crippen LogP contribution in [0, 0.1) is 5.92 Å². The van der Waals surface area contributed by atoms with Crippen LogP contribution in [0.1, 0.15) is 52.2 Å². The highest BCUT2D eigenvalue weighted by Crippen LogP contribution is 2.38. The molecular formula is C15H24O. The lowest BCUT2D eigenvalue weighted by Gasteiger charge is -2.35. The Hall–Kier alpha value is -0.980. The van der Waals surface area contributed by atoms with E-state index >= 15 is 0 Å². The van der Waals surface area contributed by atoms with E-state index in [2.05, 4.69) is 40.7 Å². The summed E-state index contributed by atoms with van der Waals surface area (Å²) in [6.45, 7) is 11.2. The highest BCUT2D eigenvalue weighted by atomic mass is 16.3. The number of phenols is 1. The van der Waals surface area contributed by atoms with Crippen LogP contribution in [0.4, 0.5) is 0 Å². The van der Waals surface area contributed by atoms with E-state index < -0.39 is 0 Å². The molecule has 0 bridgehead atoms. The number of phenolic OH excluding ortho intramolecular Hbond substituents is 1. The van der Waals surface area contributed by atoms with E-state index in [0.717, 1.165) is 12.8 Å².